The van der Waals surface area contributed by atoms with E-state index in [9.17, 15) is 35.5 Å². The van der Waals surface area contributed by atoms with Gasteiger partial charge in [0.1, 0.15) is 5.82 Å². The largest absolute Gasteiger partial charge is 0.416 e. The molecular formula is C26H20F7N3OS. The molecule has 0 bridgehead atoms. The van der Waals surface area contributed by atoms with E-state index in [0.29, 0.717) is 29.1 Å². The first-order valence-corrected chi connectivity index (χ1v) is 11.7. The number of H-pyrrole nitrogens is 1. The summed E-state index contributed by atoms with van der Waals surface area (Å²) in [6.07, 6.45) is -9.35. The summed E-state index contributed by atoms with van der Waals surface area (Å²) < 4.78 is 94.4. The fourth-order valence-corrected chi connectivity index (χ4v) is 4.26. The minimum absolute atomic E-state index is 0.0912. The molecular weight excluding hydrogens is 535 g/mol. The van der Waals surface area contributed by atoms with E-state index in [0.717, 1.165) is 11.6 Å². The number of hydrogen-bond acceptors (Lipinski definition) is 2. The van der Waals surface area contributed by atoms with Gasteiger partial charge in [0.2, 0.25) is 5.91 Å². The first-order chi connectivity index (χ1) is 17.8. The summed E-state index contributed by atoms with van der Waals surface area (Å²) in [5.41, 5.74) is -0.777. The molecule has 3 aromatic carbocycles. The molecule has 0 unspecified atom stereocenters. The lowest BCUT2D eigenvalue weighted by atomic mass is 10.0. The van der Waals surface area contributed by atoms with Crippen LogP contribution in [0, 0.1) is 10.6 Å². The van der Waals surface area contributed by atoms with E-state index in [1.165, 1.54) is 16.7 Å². The fourth-order valence-electron chi connectivity index (χ4n) is 3.99. The molecule has 4 nitrogen and oxygen atoms in total. The number of alkyl halides is 6. The van der Waals surface area contributed by atoms with Crippen LogP contribution in [0.1, 0.15) is 34.2 Å². The SMILES string of the molecule is O=C(CCc1ccc(F)cc1)NCc1ccc2[nH]c(=S)n(Cc3ccc(C(F)(F)F)cc3C(F)(F)F)c2c1. The molecule has 4 aromatic rings. The summed E-state index contributed by atoms with van der Waals surface area (Å²) in [4.78, 5) is 15.1. The molecule has 4 rings (SSSR count). The molecule has 38 heavy (non-hydrogen) atoms. The Morgan fingerprint density at radius 3 is 2.24 bits per heavy atom. The summed E-state index contributed by atoms with van der Waals surface area (Å²) in [7, 11) is 0. The molecule has 0 atom stereocenters. The standard InChI is InChI=1S/C26H20F7N3OS/c27-19-7-1-15(2-8-19)4-10-23(37)34-13-16-3-9-21-22(11-16)36(24(38)35-21)14-17-5-6-18(25(28,29)30)12-20(17)26(31,32)33/h1-3,5-9,11-12H,4,10,13-14H2,(H,34,37)(H,35,38). The van der Waals surface area contributed by atoms with Crippen molar-refractivity contribution in [3.05, 3.63) is 99.1 Å². The number of fused-ring (bicyclic) bond motifs is 1. The highest BCUT2D eigenvalue weighted by Crippen LogP contribution is 2.38. The predicted octanol–water partition coefficient (Wildman–Crippen LogP) is 7.17. The maximum absolute atomic E-state index is 13.6. The number of carbonyl (C=O) groups excluding carboxylic acids is 1. The van der Waals surface area contributed by atoms with Crippen molar-refractivity contribution in [2.45, 2.75) is 38.3 Å². The van der Waals surface area contributed by atoms with E-state index >= 15 is 0 Å². The molecule has 200 valence electrons. The lowest BCUT2D eigenvalue weighted by Gasteiger charge is -2.16. The molecule has 2 N–H and O–H groups in total. The normalized spacial score (nSPS) is 12.2. The molecule has 12 heteroatoms. The van der Waals surface area contributed by atoms with Crippen LogP contribution in [0.25, 0.3) is 11.0 Å². The molecule has 0 radical (unpaired) electrons. The number of imidazole rings is 1. The Bertz CT molecular complexity index is 1520. The molecule has 1 aromatic heterocycles. The van der Waals surface area contributed by atoms with Crippen LogP contribution in [-0.2, 0) is 36.7 Å². The van der Waals surface area contributed by atoms with Crippen LogP contribution >= 0.6 is 12.2 Å². The van der Waals surface area contributed by atoms with E-state index in [-0.39, 0.29) is 41.1 Å². The van der Waals surface area contributed by atoms with Crippen molar-refractivity contribution in [1.29, 1.82) is 0 Å². The van der Waals surface area contributed by atoms with Gasteiger partial charge in [0.25, 0.3) is 0 Å². The maximum atomic E-state index is 13.6. The highest BCUT2D eigenvalue weighted by atomic mass is 32.1. The average molecular weight is 556 g/mol. The van der Waals surface area contributed by atoms with E-state index in [1.807, 2.05) is 0 Å². The van der Waals surface area contributed by atoms with Gasteiger partial charge in [-0.3, -0.25) is 4.79 Å². The van der Waals surface area contributed by atoms with Crippen molar-refractivity contribution >= 4 is 29.2 Å². The molecule has 1 amide bonds. The van der Waals surface area contributed by atoms with Gasteiger partial charge in [-0.2, -0.15) is 26.3 Å². The van der Waals surface area contributed by atoms with Crippen molar-refractivity contribution in [3.63, 3.8) is 0 Å². The predicted molar refractivity (Wildman–Crippen MR) is 129 cm³/mol. The maximum Gasteiger partial charge on any atom is 0.416 e. The van der Waals surface area contributed by atoms with Crippen molar-refractivity contribution in [2.24, 2.45) is 0 Å². The van der Waals surface area contributed by atoms with Gasteiger partial charge in [-0.1, -0.05) is 24.3 Å². The number of nitrogens with zero attached hydrogens (tertiary/aromatic N) is 1. The van der Waals surface area contributed by atoms with E-state index in [2.05, 4.69) is 10.3 Å². The van der Waals surface area contributed by atoms with Gasteiger partial charge in [-0.15, -0.1) is 0 Å². The van der Waals surface area contributed by atoms with E-state index in [4.69, 9.17) is 12.2 Å². The zero-order valence-electron chi connectivity index (χ0n) is 19.5. The quantitative estimate of drug-likeness (QED) is 0.188. The van der Waals surface area contributed by atoms with Gasteiger partial charge in [0, 0.05) is 13.0 Å². The number of benzene rings is 3. The van der Waals surface area contributed by atoms with Gasteiger partial charge in [-0.25, -0.2) is 4.39 Å². The number of amides is 1. The van der Waals surface area contributed by atoms with Crippen molar-refractivity contribution in [2.75, 3.05) is 0 Å². The molecule has 0 fully saturated rings. The lowest BCUT2D eigenvalue weighted by molar-refractivity contribution is -0.143. The second kappa shape index (κ2) is 10.6. The lowest BCUT2D eigenvalue weighted by Crippen LogP contribution is -2.23. The number of aromatic amines is 1. The highest BCUT2D eigenvalue weighted by molar-refractivity contribution is 7.71. The first kappa shape index (κ1) is 27.4. The Balaban J connectivity index is 1.53. The number of carbonyl (C=O) groups is 1. The van der Waals surface area contributed by atoms with Crippen LogP contribution in [0.15, 0.2) is 60.7 Å². The molecule has 0 aliphatic rings. The monoisotopic (exact) mass is 555 g/mol. The van der Waals surface area contributed by atoms with Crippen LogP contribution in [0.2, 0.25) is 0 Å². The van der Waals surface area contributed by atoms with Crippen LogP contribution in [-0.4, -0.2) is 15.5 Å². The molecule has 0 aliphatic carbocycles. The third-order valence-corrected chi connectivity index (χ3v) is 6.28. The average Bonchev–Trinajstić information content (AvgIpc) is 3.15. The van der Waals surface area contributed by atoms with Gasteiger partial charge in [0.15, 0.2) is 4.77 Å². The summed E-state index contributed by atoms with van der Waals surface area (Å²) in [5.74, 6) is -0.620. The highest BCUT2D eigenvalue weighted by Gasteiger charge is 2.38. The zero-order chi connectivity index (χ0) is 27.7. The molecule has 0 spiro atoms. The number of aromatic nitrogens is 2. The smallest absolute Gasteiger partial charge is 0.352 e. The van der Waals surface area contributed by atoms with E-state index in [1.54, 1.807) is 30.3 Å². The Hall–Kier alpha value is -3.67. The second-order valence-electron chi connectivity index (χ2n) is 8.64. The van der Waals surface area contributed by atoms with Crippen LogP contribution in [0.4, 0.5) is 30.7 Å². The van der Waals surface area contributed by atoms with Crippen LogP contribution < -0.4 is 5.32 Å². The number of nitrogens with one attached hydrogen (secondary N) is 2. The van der Waals surface area contributed by atoms with Gasteiger partial charge in [-0.05, 0) is 71.7 Å². The first-order valence-electron chi connectivity index (χ1n) is 11.3. The summed E-state index contributed by atoms with van der Waals surface area (Å²) in [6, 6.07) is 12.3. The number of halogens is 7. The number of aryl methyl sites for hydroxylation is 1. The van der Waals surface area contributed by atoms with Gasteiger partial charge >= 0.3 is 12.4 Å². The Kier molecular flexibility index (Phi) is 7.63. The minimum atomic E-state index is -5.01. The summed E-state index contributed by atoms with van der Waals surface area (Å²) >= 11 is 5.27. The number of rotatable bonds is 7. The van der Waals surface area contributed by atoms with Gasteiger partial charge < -0.3 is 14.9 Å². The zero-order valence-corrected chi connectivity index (χ0v) is 20.3. The number of hydrogen-bond donors (Lipinski definition) is 2. The topological polar surface area (TPSA) is 49.8 Å². The third-order valence-electron chi connectivity index (χ3n) is 5.95. The Morgan fingerprint density at radius 1 is 0.895 bits per heavy atom. The second-order valence-corrected chi connectivity index (χ2v) is 9.03. The van der Waals surface area contributed by atoms with Crippen LogP contribution in [0.3, 0.4) is 0 Å². The Morgan fingerprint density at radius 2 is 1.58 bits per heavy atom. The molecule has 0 aliphatic heterocycles. The fraction of sp³-hybridized carbons (Fsp3) is 0.231. The van der Waals surface area contributed by atoms with Crippen molar-refractivity contribution in [1.82, 2.24) is 14.9 Å². The summed E-state index contributed by atoms with van der Waals surface area (Å²) in [6.45, 7) is -0.288. The van der Waals surface area contributed by atoms with Crippen LogP contribution in [0.5, 0.6) is 0 Å². The third kappa shape index (κ3) is 6.42. The molecule has 0 saturated carbocycles. The van der Waals surface area contributed by atoms with E-state index < -0.39 is 30.0 Å². The van der Waals surface area contributed by atoms with Crippen molar-refractivity contribution < 1.29 is 35.5 Å². The molecule has 1 heterocycles. The summed E-state index contributed by atoms with van der Waals surface area (Å²) in [5, 5.41) is 2.76. The van der Waals surface area contributed by atoms with Crippen molar-refractivity contribution in [3.8, 4) is 0 Å². The van der Waals surface area contributed by atoms with Gasteiger partial charge in [0.05, 0.1) is 28.7 Å². The Labute approximate surface area is 217 Å². The minimum Gasteiger partial charge on any atom is -0.352 e. The molecule has 0 saturated heterocycles.